The molecule has 0 aliphatic rings. The summed E-state index contributed by atoms with van der Waals surface area (Å²) in [7, 11) is 0. The van der Waals surface area contributed by atoms with Gasteiger partial charge in [-0.05, 0) is 110 Å². The predicted octanol–water partition coefficient (Wildman–Crippen LogP) is 17.9. The molecule has 0 spiro atoms. The van der Waals surface area contributed by atoms with Crippen LogP contribution in [0.5, 0.6) is 0 Å². The summed E-state index contributed by atoms with van der Waals surface area (Å²) in [5.74, 6) is 0. The van der Waals surface area contributed by atoms with E-state index in [9.17, 15) is 0 Å². The van der Waals surface area contributed by atoms with Gasteiger partial charge in [-0.25, -0.2) is 0 Å². The Labute approximate surface area is 375 Å². The molecule has 0 aliphatic heterocycles. The quantitative estimate of drug-likeness (QED) is 0.150. The van der Waals surface area contributed by atoms with Crippen molar-refractivity contribution in [3.63, 3.8) is 0 Å². The Morgan fingerprint density at radius 2 is 0.723 bits per heavy atom. The molecule has 0 fully saturated rings. The zero-order valence-electron chi connectivity index (χ0n) is 35.3. The lowest BCUT2D eigenvalue weighted by Gasteiger charge is -2.27. The lowest BCUT2D eigenvalue weighted by Crippen LogP contribution is -2.10. The Morgan fingerprint density at radius 1 is 0.277 bits per heavy atom. The second-order valence-corrected chi connectivity index (χ2v) is 16.8. The van der Waals surface area contributed by atoms with E-state index in [1.165, 1.54) is 32.7 Å². The third-order valence-corrected chi connectivity index (χ3v) is 13.1. The van der Waals surface area contributed by atoms with Crippen LogP contribution >= 0.6 is 0 Å². The second kappa shape index (κ2) is 15.0. The molecule has 0 aliphatic carbocycles. The van der Waals surface area contributed by atoms with Gasteiger partial charge in [0.25, 0.3) is 0 Å². The smallest absolute Gasteiger partial charge is 0.145 e. The number of furan rings is 2. The Morgan fingerprint density at radius 3 is 1.43 bits per heavy atom. The van der Waals surface area contributed by atoms with Gasteiger partial charge in [-0.2, -0.15) is 0 Å². The minimum Gasteiger partial charge on any atom is -0.455 e. The summed E-state index contributed by atoms with van der Waals surface area (Å²) in [6.07, 6.45) is 0. The molecule has 0 bridgehead atoms. The van der Waals surface area contributed by atoms with Gasteiger partial charge in [0.1, 0.15) is 22.3 Å². The first kappa shape index (κ1) is 36.9. The highest BCUT2D eigenvalue weighted by molar-refractivity contribution is 6.19. The molecule has 0 unspecified atom stereocenters. The highest BCUT2D eigenvalue weighted by Crippen LogP contribution is 2.48. The summed E-state index contributed by atoms with van der Waals surface area (Å²) in [4.78, 5) is 2.40. The maximum atomic E-state index is 6.89. The summed E-state index contributed by atoms with van der Waals surface area (Å²) in [5.41, 5.74) is 15.6. The van der Waals surface area contributed by atoms with E-state index in [0.29, 0.717) is 0 Å². The fourth-order valence-electron chi connectivity index (χ4n) is 9.96. The van der Waals surface area contributed by atoms with Crippen molar-refractivity contribution in [2.75, 3.05) is 4.90 Å². The monoisotopic (exact) mass is 829 g/mol. The number of fused-ring (bicyclic) bond motifs is 9. The Bertz CT molecular complexity index is 3920. The van der Waals surface area contributed by atoms with Gasteiger partial charge < -0.3 is 13.7 Å². The first-order valence-electron chi connectivity index (χ1n) is 22.2. The van der Waals surface area contributed by atoms with Crippen molar-refractivity contribution in [2.45, 2.75) is 0 Å². The van der Waals surface area contributed by atoms with Crippen molar-refractivity contribution in [2.24, 2.45) is 0 Å². The van der Waals surface area contributed by atoms with Crippen LogP contribution in [0.25, 0.3) is 110 Å². The largest absolute Gasteiger partial charge is 0.455 e. The van der Waals surface area contributed by atoms with Crippen molar-refractivity contribution >= 4 is 82.5 Å². The average Bonchev–Trinajstić information content (AvgIpc) is 3.97. The van der Waals surface area contributed by atoms with E-state index in [0.717, 1.165) is 94.3 Å². The fourth-order valence-corrected chi connectivity index (χ4v) is 9.96. The third kappa shape index (κ3) is 6.12. The minimum absolute atomic E-state index is 0.854. The summed E-state index contributed by atoms with van der Waals surface area (Å²) < 4.78 is 13.6. The number of nitrogens with zero attached hydrogens (tertiary/aromatic N) is 1. The van der Waals surface area contributed by atoms with E-state index in [-0.39, 0.29) is 0 Å². The molecule has 65 heavy (non-hydrogen) atoms. The summed E-state index contributed by atoms with van der Waals surface area (Å²) in [6, 6.07) is 84.6. The minimum atomic E-state index is 0.854. The fraction of sp³-hybridized carbons (Fsp3) is 0. The lowest BCUT2D eigenvalue weighted by atomic mass is 9.94. The summed E-state index contributed by atoms with van der Waals surface area (Å²) in [5, 5.41) is 9.21. The van der Waals surface area contributed by atoms with Gasteiger partial charge in [0.05, 0.1) is 11.1 Å². The van der Waals surface area contributed by atoms with E-state index in [2.05, 4.69) is 235 Å². The molecule has 0 atom stereocenters. The standard InChI is InChI=1S/C62H39NO2/c1-3-13-40(14-4-1)41-23-25-45(26-24-41)52-37-38-56(60-54-20-10-12-22-58(54)65-62(52)60)63(48-34-31-46-28-27-43-17-7-8-18-49(43)55(46)39-48)47-32-29-44(30-33-47)50-35-36-51(42-15-5-2-6-16-42)61-59(50)53-19-9-11-21-57(53)64-61/h1-39H. The molecular formula is C62H39NO2. The van der Waals surface area contributed by atoms with Crippen LogP contribution in [-0.2, 0) is 0 Å². The summed E-state index contributed by atoms with van der Waals surface area (Å²) >= 11 is 0. The zero-order valence-corrected chi connectivity index (χ0v) is 35.3. The SMILES string of the molecule is c1ccc(-c2ccc(-c3ccc(N(c4ccc(-c5ccc(-c6ccccc6)c6oc7ccccc7c56)cc4)c4ccc5ccc6ccccc6c5c4)c4c3oc3ccccc34)cc2)cc1. The zero-order chi connectivity index (χ0) is 42.8. The highest BCUT2D eigenvalue weighted by Gasteiger charge is 2.24. The van der Waals surface area contributed by atoms with Crippen LogP contribution in [-0.4, -0.2) is 0 Å². The molecule has 2 heterocycles. The molecule has 304 valence electrons. The van der Waals surface area contributed by atoms with Gasteiger partial charge in [-0.1, -0.05) is 182 Å². The molecule has 3 heteroatoms. The number of para-hydroxylation sites is 2. The van der Waals surface area contributed by atoms with Crippen molar-refractivity contribution < 1.29 is 8.83 Å². The molecular weight excluding hydrogens is 791 g/mol. The number of benzene rings is 11. The van der Waals surface area contributed by atoms with Crippen LogP contribution in [0.3, 0.4) is 0 Å². The van der Waals surface area contributed by atoms with Crippen LogP contribution in [0.15, 0.2) is 245 Å². The maximum absolute atomic E-state index is 6.89. The van der Waals surface area contributed by atoms with Crippen LogP contribution in [0.2, 0.25) is 0 Å². The van der Waals surface area contributed by atoms with Crippen molar-refractivity contribution in [3.8, 4) is 44.5 Å². The molecule has 13 rings (SSSR count). The Kier molecular flexibility index (Phi) is 8.53. The average molecular weight is 830 g/mol. The van der Waals surface area contributed by atoms with E-state index in [4.69, 9.17) is 8.83 Å². The molecule has 3 nitrogen and oxygen atoms in total. The maximum Gasteiger partial charge on any atom is 0.145 e. The molecule has 2 aromatic heterocycles. The Balaban J connectivity index is 1.01. The van der Waals surface area contributed by atoms with E-state index in [1.54, 1.807) is 0 Å². The van der Waals surface area contributed by atoms with Gasteiger partial charge in [-0.15, -0.1) is 0 Å². The first-order chi connectivity index (χ1) is 32.2. The number of hydrogen-bond acceptors (Lipinski definition) is 3. The van der Waals surface area contributed by atoms with Gasteiger partial charge >= 0.3 is 0 Å². The van der Waals surface area contributed by atoms with Gasteiger partial charge in [-0.3, -0.25) is 0 Å². The van der Waals surface area contributed by atoms with Crippen LogP contribution in [0, 0.1) is 0 Å². The summed E-state index contributed by atoms with van der Waals surface area (Å²) in [6.45, 7) is 0. The topological polar surface area (TPSA) is 29.5 Å². The first-order valence-corrected chi connectivity index (χ1v) is 22.2. The predicted molar refractivity (Wildman–Crippen MR) is 272 cm³/mol. The number of rotatable bonds is 7. The van der Waals surface area contributed by atoms with Gasteiger partial charge in [0.2, 0.25) is 0 Å². The van der Waals surface area contributed by atoms with Crippen molar-refractivity contribution in [3.05, 3.63) is 237 Å². The molecule has 11 aromatic carbocycles. The van der Waals surface area contributed by atoms with Crippen LogP contribution < -0.4 is 4.90 Å². The van der Waals surface area contributed by atoms with Gasteiger partial charge in [0, 0.05) is 38.7 Å². The van der Waals surface area contributed by atoms with Crippen LogP contribution in [0.4, 0.5) is 17.1 Å². The van der Waals surface area contributed by atoms with E-state index < -0.39 is 0 Å². The normalized spacial score (nSPS) is 11.7. The van der Waals surface area contributed by atoms with Crippen molar-refractivity contribution in [1.29, 1.82) is 0 Å². The van der Waals surface area contributed by atoms with E-state index >= 15 is 0 Å². The van der Waals surface area contributed by atoms with Crippen LogP contribution in [0.1, 0.15) is 0 Å². The molecule has 13 aromatic rings. The number of hydrogen-bond donors (Lipinski definition) is 0. The molecule has 0 radical (unpaired) electrons. The van der Waals surface area contributed by atoms with E-state index in [1.807, 2.05) is 6.07 Å². The third-order valence-electron chi connectivity index (χ3n) is 13.1. The molecule has 0 saturated carbocycles. The van der Waals surface area contributed by atoms with Crippen molar-refractivity contribution in [1.82, 2.24) is 0 Å². The molecule has 0 saturated heterocycles. The molecule has 0 N–H and O–H groups in total. The lowest BCUT2D eigenvalue weighted by molar-refractivity contribution is 0.669. The highest BCUT2D eigenvalue weighted by atomic mass is 16.3. The molecule has 0 amide bonds. The second-order valence-electron chi connectivity index (χ2n) is 16.8. The number of anilines is 3. The Hall–Kier alpha value is -8.66. The van der Waals surface area contributed by atoms with Gasteiger partial charge in [0.15, 0.2) is 0 Å².